The van der Waals surface area contributed by atoms with Gasteiger partial charge in [0.25, 0.3) is 0 Å². The second kappa shape index (κ2) is 6.60. The van der Waals surface area contributed by atoms with Crippen LogP contribution in [0.2, 0.25) is 0 Å². The molecule has 3 nitrogen and oxygen atoms in total. The first-order chi connectivity index (χ1) is 9.60. The Hall–Kier alpha value is -1.77. The minimum absolute atomic E-state index is 0.618. The number of nitrogens with zero attached hydrogens (tertiary/aromatic N) is 2. The highest BCUT2D eigenvalue weighted by atomic mass is 15.2. The number of imidazole rings is 1. The molecule has 20 heavy (non-hydrogen) atoms. The zero-order chi connectivity index (χ0) is 14.5. The van der Waals surface area contributed by atoms with E-state index in [2.05, 4.69) is 66.1 Å². The van der Waals surface area contributed by atoms with E-state index in [-0.39, 0.29) is 0 Å². The number of aryl methyl sites for hydroxylation is 2. The van der Waals surface area contributed by atoms with Crippen molar-refractivity contribution in [2.75, 3.05) is 5.32 Å². The lowest BCUT2D eigenvalue weighted by Crippen LogP contribution is -2.11. The Labute approximate surface area is 122 Å². The first-order valence-corrected chi connectivity index (χ1v) is 7.44. The monoisotopic (exact) mass is 271 g/mol. The smallest absolute Gasteiger partial charge is 0.203 e. The summed E-state index contributed by atoms with van der Waals surface area (Å²) in [5, 5.41) is 3.48. The predicted octanol–water partition coefficient (Wildman–Crippen LogP) is 4.02. The van der Waals surface area contributed by atoms with Gasteiger partial charge in [-0.05, 0) is 30.4 Å². The average Bonchev–Trinajstić information content (AvgIpc) is 2.76. The molecule has 0 aliphatic rings. The molecule has 1 aromatic carbocycles. The molecule has 108 valence electrons. The van der Waals surface area contributed by atoms with E-state index in [1.807, 2.05) is 6.92 Å². The zero-order valence-electron chi connectivity index (χ0n) is 13.0. The third-order valence-electron chi connectivity index (χ3n) is 3.40. The van der Waals surface area contributed by atoms with Crippen LogP contribution >= 0.6 is 0 Å². The number of hydrogen-bond acceptors (Lipinski definition) is 2. The van der Waals surface area contributed by atoms with Crippen LogP contribution in [0, 0.1) is 12.8 Å². The number of nitrogens with one attached hydrogen (secondary N) is 1. The lowest BCUT2D eigenvalue weighted by molar-refractivity contribution is 0.526. The van der Waals surface area contributed by atoms with Gasteiger partial charge < -0.3 is 9.88 Å². The largest absolute Gasteiger partial charge is 0.352 e. The Morgan fingerprint density at radius 1 is 1.20 bits per heavy atom. The van der Waals surface area contributed by atoms with Gasteiger partial charge in [0, 0.05) is 19.3 Å². The van der Waals surface area contributed by atoms with Crippen LogP contribution < -0.4 is 5.32 Å². The van der Waals surface area contributed by atoms with E-state index in [0.717, 1.165) is 31.2 Å². The van der Waals surface area contributed by atoms with E-state index >= 15 is 0 Å². The molecule has 0 atom stereocenters. The Bertz CT molecular complexity index is 555. The number of benzene rings is 1. The van der Waals surface area contributed by atoms with Crippen molar-refractivity contribution in [1.82, 2.24) is 9.55 Å². The Morgan fingerprint density at radius 2 is 1.90 bits per heavy atom. The fourth-order valence-corrected chi connectivity index (χ4v) is 2.47. The van der Waals surface area contributed by atoms with Crippen LogP contribution in [0.5, 0.6) is 0 Å². The molecular weight excluding hydrogens is 246 g/mol. The predicted molar refractivity (Wildman–Crippen MR) is 84.9 cm³/mol. The molecule has 0 amide bonds. The van der Waals surface area contributed by atoms with Crippen molar-refractivity contribution in [3.8, 4) is 0 Å². The van der Waals surface area contributed by atoms with Gasteiger partial charge in [0.05, 0.1) is 5.69 Å². The van der Waals surface area contributed by atoms with Crippen LogP contribution in [-0.2, 0) is 19.5 Å². The van der Waals surface area contributed by atoms with E-state index in [1.165, 1.54) is 11.1 Å². The molecular formula is C17H25N3. The van der Waals surface area contributed by atoms with Gasteiger partial charge in [-0.1, -0.05) is 45.0 Å². The molecule has 1 aromatic heterocycles. The highest BCUT2D eigenvalue weighted by molar-refractivity contribution is 5.34. The summed E-state index contributed by atoms with van der Waals surface area (Å²) in [5.41, 5.74) is 3.82. The normalized spacial score (nSPS) is 11.1. The van der Waals surface area contributed by atoms with E-state index in [1.54, 1.807) is 0 Å². The lowest BCUT2D eigenvalue weighted by Gasteiger charge is -2.13. The highest BCUT2D eigenvalue weighted by Crippen LogP contribution is 2.15. The molecule has 0 saturated carbocycles. The molecule has 0 spiro atoms. The van der Waals surface area contributed by atoms with Gasteiger partial charge in [-0.3, -0.25) is 0 Å². The molecule has 0 fully saturated rings. The molecule has 0 bridgehead atoms. The summed E-state index contributed by atoms with van der Waals surface area (Å²) < 4.78 is 2.22. The molecule has 0 aliphatic heterocycles. The second-order valence-corrected chi connectivity index (χ2v) is 5.73. The van der Waals surface area contributed by atoms with Gasteiger partial charge in [0.1, 0.15) is 0 Å². The molecule has 2 aromatic rings. The van der Waals surface area contributed by atoms with Gasteiger partial charge in [-0.15, -0.1) is 0 Å². The maximum atomic E-state index is 4.59. The maximum Gasteiger partial charge on any atom is 0.203 e. The van der Waals surface area contributed by atoms with Crippen LogP contribution in [0.15, 0.2) is 30.5 Å². The molecule has 3 heteroatoms. The molecule has 0 aliphatic carbocycles. The van der Waals surface area contributed by atoms with Gasteiger partial charge in [-0.25, -0.2) is 4.98 Å². The van der Waals surface area contributed by atoms with Crippen molar-refractivity contribution >= 4 is 5.95 Å². The van der Waals surface area contributed by atoms with Crippen LogP contribution in [0.3, 0.4) is 0 Å². The first-order valence-electron chi connectivity index (χ1n) is 7.44. The number of hydrogen-bond donors (Lipinski definition) is 1. The average molecular weight is 271 g/mol. The first kappa shape index (κ1) is 14.6. The highest BCUT2D eigenvalue weighted by Gasteiger charge is 2.07. The summed E-state index contributed by atoms with van der Waals surface area (Å²) in [6.45, 7) is 10.5. The van der Waals surface area contributed by atoms with Gasteiger partial charge in [-0.2, -0.15) is 0 Å². The molecule has 0 radical (unpaired) electrons. The molecule has 1 N–H and O–H groups in total. The SMILES string of the molecule is CCc1ccccc1CNc1nc(C)cn1CC(C)C. The van der Waals surface area contributed by atoms with Crippen LogP contribution in [0.1, 0.15) is 37.6 Å². The number of anilines is 1. The quantitative estimate of drug-likeness (QED) is 0.860. The van der Waals surface area contributed by atoms with E-state index in [9.17, 15) is 0 Å². The maximum absolute atomic E-state index is 4.59. The van der Waals surface area contributed by atoms with Gasteiger partial charge >= 0.3 is 0 Å². The summed E-state index contributed by atoms with van der Waals surface area (Å²) in [6.07, 6.45) is 3.19. The van der Waals surface area contributed by atoms with Crippen LogP contribution in [-0.4, -0.2) is 9.55 Å². The van der Waals surface area contributed by atoms with Crippen molar-refractivity contribution in [3.63, 3.8) is 0 Å². The standard InChI is InChI=1S/C17H25N3/c1-5-15-8-6-7-9-16(15)10-18-17-19-14(4)12-20(17)11-13(2)3/h6-9,12-13H,5,10-11H2,1-4H3,(H,18,19). The second-order valence-electron chi connectivity index (χ2n) is 5.73. The van der Waals surface area contributed by atoms with E-state index < -0.39 is 0 Å². The van der Waals surface area contributed by atoms with Crippen LogP contribution in [0.4, 0.5) is 5.95 Å². The topological polar surface area (TPSA) is 29.9 Å². The lowest BCUT2D eigenvalue weighted by atomic mass is 10.1. The van der Waals surface area contributed by atoms with Crippen LogP contribution in [0.25, 0.3) is 0 Å². The summed E-state index contributed by atoms with van der Waals surface area (Å²) in [4.78, 5) is 4.59. The minimum Gasteiger partial charge on any atom is -0.352 e. The Morgan fingerprint density at radius 3 is 2.55 bits per heavy atom. The third kappa shape index (κ3) is 3.62. The summed E-state index contributed by atoms with van der Waals surface area (Å²) in [6, 6.07) is 8.59. The van der Waals surface area contributed by atoms with Crippen molar-refractivity contribution in [3.05, 3.63) is 47.3 Å². The van der Waals surface area contributed by atoms with Crippen molar-refractivity contribution in [1.29, 1.82) is 0 Å². The fraction of sp³-hybridized carbons (Fsp3) is 0.471. The fourth-order valence-electron chi connectivity index (χ4n) is 2.47. The zero-order valence-corrected chi connectivity index (χ0v) is 13.0. The Kier molecular flexibility index (Phi) is 4.83. The number of rotatable bonds is 6. The molecule has 1 heterocycles. The van der Waals surface area contributed by atoms with Gasteiger partial charge in [0.2, 0.25) is 5.95 Å². The Balaban J connectivity index is 2.10. The number of aromatic nitrogens is 2. The molecule has 0 unspecified atom stereocenters. The summed E-state index contributed by atoms with van der Waals surface area (Å²) in [7, 11) is 0. The molecule has 2 rings (SSSR count). The third-order valence-corrected chi connectivity index (χ3v) is 3.40. The minimum atomic E-state index is 0.618. The van der Waals surface area contributed by atoms with Crippen molar-refractivity contribution < 1.29 is 0 Å². The van der Waals surface area contributed by atoms with Gasteiger partial charge in [0.15, 0.2) is 0 Å². The van der Waals surface area contributed by atoms with Crippen molar-refractivity contribution in [2.45, 2.75) is 47.2 Å². The van der Waals surface area contributed by atoms with E-state index in [4.69, 9.17) is 0 Å². The van der Waals surface area contributed by atoms with E-state index in [0.29, 0.717) is 5.92 Å². The molecule has 0 saturated heterocycles. The summed E-state index contributed by atoms with van der Waals surface area (Å²) in [5.74, 6) is 1.59. The summed E-state index contributed by atoms with van der Waals surface area (Å²) >= 11 is 0. The van der Waals surface area contributed by atoms with Crippen molar-refractivity contribution in [2.24, 2.45) is 5.92 Å².